The number of thioether (sulfide) groups is 1. The van der Waals surface area contributed by atoms with Crippen LogP contribution in [-0.2, 0) is 16.2 Å². The van der Waals surface area contributed by atoms with Gasteiger partial charge in [-0.2, -0.15) is 0 Å². The second kappa shape index (κ2) is 9.86. The molecule has 42 heavy (non-hydrogen) atoms. The Balaban J connectivity index is 1.18. The maximum Gasteiger partial charge on any atom is 0.305 e. The average molecular weight is 615 g/mol. The molecule has 2 aliphatic heterocycles. The summed E-state index contributed by atoms with van der Waals surface area (Å²) >= 11 is 9.16. The maximum absolute atomic E-state index is 14.0. The predicted molar refractivity (Wildman–Crippen MR) is 164 cm³/mol. The Hall–Kier alpha value is -3.33. The lowest BCUT2D eigenvalue weighted by molar-refractivity contribution is -0.123. The summed E-state index contributed by atoms with van der Waals surface area (Å²) in [6, 6.07) is 23.3. The van der Waals surface area contributed by atoms with Crippen molar-refractivity contribution in [3.63, 3.8) is 0 Å². The van der Waals surface area contributed by atoms with E-state index in [0.717, 1.165) is 38.8 Å². The summed E-state index contributed by atoms with van der Waals surface area (Å²) in [5.74, 6) is 0.0396. The monoisotopic (exact) mass is 614 g/mol. The fraction of sp³-hybridized carbons (Fsp3) is 0.303. The third kappa shape index (κ3) is 3.95. The number of hydrogen-bond donors (Lipinski definition) is 1. The molecule has 212 valence electrons. The molecule has 2 aliphatic carbocycles. The number of ether oxygens (including phenoxy) is 1. The third-order valence-corrected chi connectivity index (χ3v) is 12.4. The van der Waals surface area contributed by atoms with E-state index in [-0.39, 0.29) is 57.4 Å². The van der Waals surface area contributed by atoms with Crippen molar-refractivity contribution in [2.75, 3.05) is 4.90 Å². The van der Waals surface area contributed by atoms with Gasteiger partial charge in [-0.25, -0.2) is 0 Å². The number of nitrogens with zero attached hydrogens (tertiary/aromatic N) is 1. The number of fused-ring (bicyclic) bond motifs is 9. The highest BCUT2D eigenvalue weighted by atomic mass is 35.5. The van der Waals surface area contributed by atoms with Crippen molar-refractivity contribution in [1.82, 2.24) is 4.98 Å². The normalized spacial score (nSPS) is 29.0. The zero-order chi connectivity index (χ0) is 28.7. The van der Waals surface area contributed by atoms with E-state index in [4.69, 9.17) is 16.3 Å². The zero-order valence-electron chi connectivity index (χ0n) is 22.7. The van der Waals surface area contributed by atoms with Crippen LogP contribution in [0.1, 0.15) is 33.9 Å². The summed E-state index contributed by atoms with van der Waals surface area (Å²) in [6.07, 6.45) is 0.845. The molecule has 2 bridgehead atoms. The van der Waals surface area contributed by atoms with Crippen molar-refractivity contribution in [3.8, 4) is 5.75 Å². The van der Waals surface area contributed by atoms with Gasteiger partial charge < -0.3 is 9.72 Å². The number of hydrogen-bond acceptors (Lipinski definition) is 6. The van der Waals surface area contributed by atoms with Crippen LogP contribution in [0.15, 0.2) is 82.6 Å². The summed E-state index contributed by atoms with van der Waals surface area (Å²) in [6.45, 7) is 2.35. The van der Waals surface area contributed by atoms with E-state index in [9.17, 15) is 14.4 Å². The van der Waals surface area contributed by atoms with Crippen LogP contribution in [0.3, 0.4) is 0 Å². The molecule has 3 fully saturated rings. The minimum atomic E-state index is -0.343. The van der Waals surface area contributed by atoms with E-state index in [1.54, 1.807) is 11.8 Å². The molecule has 2 saturated carbocycles. The lowest BCUT2D eigenvalue weighted by atomic mass is 9.68. The van der Waals surface area contributed by atoms with Gasteiger partial charge in [0.1, 0.15) is 12.4 Å². The van der Waals surface area contributed by atoms with Crippen molar-refractivity contribution >= 4 is 52.2 Å². The van der Waals surface area contributed by atoms with Gasteiger partial charge in [0.2, 0.25) is 11.8 Å². The number of para-hydroxylation sites is 1. The predicted octanol–water partition coefficient (Wildman–Crippen LogP) is 6.66. The lowest BCUT2D eigenvalue weighted by Crippen LogP contribution is -2.42. The van der Waals surface area contributed by atoms with E-state index >= 15 is 0 Å². The van der Waals surface area contributed by atoms with Gasteiger partial charge >= 0.3 is 4.87 Å². The number of aromatic nitrogens is 1. The van der Waals surface area contributed by atoms with Gasteiger partial charge in [0.05, 0.1) is 22.5 Å². The molecule has 0 radical (unpaired) electrons. The number of halogens is 1. The van der Waals surface area contributed by atoms with Crippen molar-refractivity contribution in [3.05, 3.63) is 109 Å². The second-order valence-electron chi connectivity index (χ2n) is 11.8. The molecule has 4 aromatic rings. The topological polar surface area (TPSA) is 79.5 Å². The number of aromatic amines is 1. The van der Waals surface area contributed by atoms with Gasteiger partial charge in [-0.1, -0.05) is 71.0 Å². The van der Waals surface area contributed by atoms with Crippen LogP contribution in [0.5, 0.6) is 5.75 Å². The number of rotatable bonds is 5. The molecule has 2 amide bonds. The summed E-state index contributed by atoms with van der Waals surface area (Å²) in [5.41, 5.74) is 3.72. The highest BCUT2D eigenvalue weighted by Gasteiger charge is 2.69. The minimum Gasteiger partial charge on any atom is -0.489 e. The molecule has 7 atom stereocenters. The second-order valence-corrected chi connectivity index (χ2v) is 14.4. The molecule has 6 nitrogen and oxygen atoms in total. The lowest BCUT2D eigenvalue weighted by Gasteiger charge is -2.43. The van der Waals surface area contributed by atoms with E-state index in [0.29, 0.717) is 17.3 Å². The Morgan fingerprint density at radius 2 is 1.71 bits per heavy atom. The molecule has 1 N–H and O–H groups in total. The largest absolute Gasteiger partial charge is 0.489 e. The maximum atomic E-state index is 14.0. The van der Waals surface area contributed by atoms with Gasteiger partial charge in [-0.3, -0.25) is 19.3 Å². The summed E-state index contributed by atoms with van der Waals surface area (Å²) in [4.78, 5) is 46.0. The van der Waals surface area contributed by atoms with Crippen LogP contribution < -0.4 is 14.5 Å². The fourth-order valence-electron chi connectivity index (χ4n) is 7.97. The van der Waals surface area contributed by atoms with Gasteiger partial charge in [0.25, 0.3) is 0 Å². The van der Waals surface area contributed by atoms with Gasteiger partial charge in [0, 0.05) is 26.6 Å². The quantitative estimate of drug-likeness (QED) is 0.255. The number of carbonyl (C=O) groups is 2. The van der Waals surface area contributed by atoms with Crippen molar-refractivity contribution < 1.29 is 14.3 Å². The van der Waals surface area contributed by atoms with Crippen LogP contribution in [0.25, 0.3) is 0 Å². The Bertz CT molecular complexity index is 1800. The molecule has 9 heteroatoms. The Labute approximate surface area is 256 Å². The number of nitrogens with one attached hydrogen (secondary N) is 1. The van der Waals surface area contributed by atoms with Crippen LogP contribution in [0, 0.1) is 36.5 Å². The van der Waals surface area contributed by atoms with Gasteiger partial charge in [-0.05, 0) is 67.0 Å². The van der Waals surface area contributed by atoms with E-state index in [1.165, 1.54) is 16.2 Å². The smallest absolute Gasteiger partial charge is 0.305 e. The van der Waals surface area contributed by atoms with Crippen LogP contribution in [0.4, 0.5) is 5.69 Å². The van der Waals surface area contributed by atoms with E-state index < -0.39 is 0 Å². The van der Waals surface area contributed by atoms with Crippen LogP contribution >= 0.6 is 34.7 Å². The highest BCUT2D eigenvalue weighted by Crippen LogP contribution is 2.69. The summed E-state index contributed by atoms with van der Waals surface area (Å²) in [7, 11) is 0. The Morgan fingerprint density at radius 1 is 0.952 bits per heavy atom. The first-order valence-electron chi connectivity index (χ1n) is 14.2. The molecule has 0 spiro atoms. The molecule has 3 heterocycles. The number of imide groups is 1. The first-order valence-corrected chi connectivity index (χ1v) is 16.3. The minimum absolute atomic E-state index is 0.0423. The SMILES string of the molecule is Cc1ccc(N2C(=O)C3C(C2=O)[C@@H]2C[C@H]3C3Sc4[nH]c(=O)sc4C(c4ccccc4OCc4cccc(Cl)c4)C32)cc1. The molecule has 8 rings (SSSR count). The standard InChI is InChI=1S/C33H27ClN2O4S2/c1-16-9-11-19(12-10-16)36-31(37)26-21-14-22(27(26)32(36)38)28-25(21)24(29-30(41-28)35-33(39)42-29)20-7-2-3-8-23(20)40-15-17-5-4-6-18(34)13-17/h2-13,21-22,24-28H,14-15H2,1H3,(H,35,39)/t21-,22-,24?,25?,26?,27?,28?/m1/s1. The number of benzene rings is 3. The number of anilines is 1. The molecule has 4 aliphatic rings. The summed E-state index contributed by atoms with van der Waals surface area (Å²) < 4.78 is 6.41. The number of H-pyrrole nitrogens is 1. The van der Waals surface area contributed by atoms with E-state index in [1.807, 2.05) is 73.7 Å². The highest BCUT2D eigenvalue weighted by molar-refractivity contribution is 8.00. The molecule has 1 aromatic heterocycles. The fourth-order valence-corrected chi connectivity index (χ4v) is 11.1. The average Bonchev–Trinajstić information content (AvgIpc) is 3.72. The molecule has 3 aromatic carbocycles. The van der Waals surface area contributed by atoms with Gasteiger partial charge in [-0.15, -0.1) is 11.8 Å². The van der Waals surface area contributed by atoms with E-state index in [2.05, 4.69) is 11.1 Å². The third-order valence-electron chi connectivity index (χ3n) is 9.55. The van der Waals surface area contributed by atoms with Crippen molar-refractivity contribution in [2.24, 2.45) is 29.6 Å². The van der Waals surface area contributed by atoms with Crippen LogP contribution in [-0.4, -0.2) is 22.0 Å². The molecular weight excluding hydrogens is 588 g/mol. The van der Waals surface area contributed by atoms with Crippen LogP contribution in [0.2, 0.25) is 5.02 Å². The molecule has 5 unspecified atom stereocenters. The van der Waals surface area contributed by atoms with Crippen molar-refractivity contribution in [2.45, 2.75) is 36.1 Å². The molecule has 1 saturated heterocycles. The number of thiazole rings is 1. The number of carbonyl (C=O) groups excluding carboxylic acids is 2. The first kappa shape index (κ1) is 26.3. The zero-order valence-corrected chi connectivity index (χ0v) is 25.0. The summed E-state index contributed by atoms with van der Waals surface area (Å²) in [5, 5.41) is 1.66. The Kier molecular flexibility index (Phi) is 6.18. The van der Waals surface area contributed by atoms with Gasteiger partial charge in [0.15, 0.2) is 0 Å². The molecular formula is C33H27ClN2O4S2. The Morgan fingerprint density at radius 3 is 2.50 bits per heavy atom. The number of aryl methyl sites for hydroxylation is 1. The first-order chi connectivity index (χ1) is 20.4. The number of amides is 2. The van der Waals surface area contributed by atoms with Crippen molar-refractivity contribution in [1.29, 1.82) is 0 Å².